The summed E-state index contributed by atoms with van der Waals surface area (Å²) in [5.74, 6) is 1.76. The summed E-state index contributed by atoms with van der Waals surface area (Å²) in [7, 11) is 1.66. The molecule has 39 heavy (non-hydrogen) atoms. The minimum absolute atomic E-state index is 0.0784. The maximum atomic E-state index is 13.8. The van der Waals surface area contributed by atoms with Gasteiger partial charge in [-0.2, -0.15) is 0 Å². The van der Waals surface area contributed by atoms with Crippen LogP contribution in [0.15, 0.2) is 29.1 Å². The summed E-state index contributed by atoms with van der Waals surface area (Å²) in [5, 5.41) is 0. The van der Waals surface area contributed by atoms with E-state index in [1.54, 1.807) is 7.11 Å². The second kappa shape index (κ2) is 11.6. The fraction of sp³-hybridized carbons (Fsp3) is 0.516. The summed E-state index contributed by atoms with van der Waals surface area (Å²) in [6.45, 7) is 12.3. The second-order valence-corrected chi connectivity index (χ2v) is 12.4. The van der Waals surface area contributed by atoms with Crippen molar-refractivity contribution in [3.63, 3.8) is 0 Å². The molecule has 0 unspecified atom stereocenters. The van der Waals surface area contributed by atoms with Crippen molar-refractivity contribution < 1.29 is 9.53 Å². The van der Waals surface area contributed by atoms with Crippen molar-refractivity contribution in [2.24, 2.45) is 5.92 Å². The summed E-state index contributed by atoms with van der Waals surface area (Å²) >= 11 is 1.85. The van der Waals surface area contributed by atoms with Crippen LogP contribution in [0.4, 0.5) is 0 Å². The molecule has 0 spiro atoms. The lowest BCUT2D eigenvalue weighted by Gasteiger charge is -2.34. The van der Waals surface area contributed by atoms with Gasteiger partial charge < -0.3 is 14.6 Å². The van der Waals surface area contributed by atoms with Gasteiger partial charge in [0.2, 0.25) is 5.88 Å². The molecular formula is C31H40N4O3S. The van der Waals surface area contributed by atoms with Crippen LogP contribution < -0.4 is 10.3 Å². The number of methoxy groups -OCH3 is 1. The number of aryl methyl sites for hydroxylation is 3. The number of nitrogens with one attached hydrogen (secondary N) is 1. The van der Waals surface area contributed by atoms with Gasteiger partial charge in [-0.15, -0.1) is 11.3 Å². The van der Waals surface area contributed by atoms with Gasteiger partial charge >= 0.3 is 0 Å². The second-order valence-electron chi connectivity index (χ2n) is 11.2. The predicted octanol–water partition coefficient (Wildman–Crippen LogP) is 5.37. The summed E-state index contributed by atoms with van der Waals surface area (Å²) in [4.78, 5) is 40.9. The molecule has 2 aliphatic heterocycles. The molecule has 0 aliphatic carbocycles. The molecule has 208 valence electrons. The van der Waals surface area contributed by atoms with E-state index >= 15 is 0 Å². The zero-order chi connectivity index (χ0) is 27.7. The number of carbonyl (C=O) groups excluding carboxylic acids is 1. The molecule has 1 fully saturated rings. The molecule has 7 nitrogen and oxygen atoms in total. The van der Waals surface area contributed by atoms with E-state index < -0.39 is 0 Å². The number of ether oxygens (including phenoxy) is 1. The van der Waals surface area contributed by atoms with Crippen molar-refractivity contribution in [2.45, 2.75) is 72.4 Å². The van der Waals surface area contributed by atoms with E-state index in [1.807, 2.05) is 48.3 Å². The Morgan fingerprint density at radius 1 is 1.13 bits per heavy atom. The lowest BCUT2D eigenvalue weighted by atomic mass is 9.83. The van der Waals surface area contributed by atoms with E-state index in [0.29, 0.717) is 36.4 Å². The molecule has 1 amide bonds. The Labute approximate surface area is 235 Å². The molecule has 1 atom stereocenters. The van der Waals surface area contributed by atoms with Crippen molar-refractivity contribution in [1.29, 1.82) is 0 Å². The molecule has 5 rings (SSSR count). The maximum Gasteiger partial charge on any atom is 0.255 e. The zero-order valence-corrected chi connectivity index (χ0v) is 24.6. The first-order chi connectivity index (χ1) is 18.7. The number of H-pyrrole nitrogens is 1. The topological polar surface area (TPSA) is 78.5 Å². The molecule has 0 aromatic carbocycles. The number of aromatic nitrogens is 2. The normalized spacial score (nSPS) is 17.7. The fourth-order valence-corrected chi connectivity index (χ4v) is 7.79. The van der Waals surface area contributed by atoms with Crippen LogP contribution in [0.5, 0.6) is 5.88 Å². The molecule has 0 bridgehead atoms. The molecule has 5 heterocycles. The number of carbonyl (C=O) groups is 1. The highest BCUT2D eigenvalue weighted by Crippen LogP contribution is 2.42. The summed E-state index contributed by atoms with van der Waals surface area (Å²) < 4.78 is 5.28. The van der Waals surface area contributed by atoms with Gasteiger partial charge in [-0.3, -0.25) is 14.5 Å². The van der Waals surface area contributed by atoms with E-state index in [-0.39, 0.29) is 11.5 Å². The maximum absolute atomic E-state index is 13.8. The molecule has 3 aromatic heterocycles. The minimum Gasteiger partial charge on any atom is -0.481 e. The summed E-state index contributed by atoms with van der Waals surface area (Å²) in [6.07, 6.45) is 4.13. The van der Waals surface area contributed by atoms with Crippen molar-refractivity contribution >= 4 is 17.2 Å². The first-order valence-corrected chi connectivity index (χ1v) is 14.9. The monoisotopic (exact) mass is 548 g/mol. The van der Waals surface area contributed by atoms with Crippen LogP contribution in [0.1, 0.15) is 80.3 Å². The number of amides is 1. The number of fused-ring (bicyclic) bond motifs is 1. The van der Waals surface area contributed by atoms with E-state index in [1.165, 1.54) is 9.75 Å². The van der Waals surface area contributed by atoms with E-state index in [2.05, 4.69) is 34.8 Å². The number of aromatic amines is 1. The van der Waals surface area contributed by atoms with Gasteiger partial charge in [0.25, 0.3) is 11.5 Å². The standard InChI is InChI=1S/C31H40N4O3S/c1-19-16-20(2)32-30(36)25(19)18-35-13-7-9-26-28(31(35)37)22(4)29(39-26)21(3)23-11-14-34(15-12-23)17-24-8-6-10-27(33-24)38-5/h6,8,10,16,21,23H,7,9,11-15,17-18H2,1-5H3,(H,32,36)/t21-/m1/s1. The highest BCUT2D eigenvalue weighted by atomic mass is 32.1. The molecule has 0 saturated carbocycles. The van der Waals surface area contributed by atoms with Crippen LogP contribution in [-0.2, 0) is 19.5 Å². The summed E-state index contributed by atoms with van der Waals surface area (Å²) in [5.41, 5.74) is 5.48. The molecular weight excluding hydrogens is 508 g/mol. The number of hydrogen-bond acceptors (Lipinski definition) is 6. The van der Waals surface area contributed by atoms with Crippen molar-refractivity contribution in [3.8, 4) is 5.88 Å². The number of thiophene rings is 1. The summed E-state index contributed by atoms with van der Waals surface area (Å²) in [6, 6.07) is 7.94. The lowest BCUT2D eigenvalue weighted by Crippen LogP contribution is -2.35. The number of rotatable bonds is 7. The van der Waals surface area contributed by atoms with Crippen molar-refractivity contribution in [1.82, 2.24) is 19.8 Å². The van der Waals surface area contributed by atoms with Crippen LogP contribution in [0, 0.1) is 26.7 Å². The molecule has 1 N–H and O–H groups in total. The van der Waals surface area contributed by atoms with E-state index in [9.17, 15) is 9.59 Å². The van der Waals surface area contributed by atoms with Crippen LogP contribution in [0.3, 0.4) is 0 Å². The number of hydrogen-bond donors (Lipinski definition) is 1. The third kappa shape index (κ3) is 5.82. The average molecular weight is 549 g/mol. The highest BCUT2D eigenvalue weighted by molar-refractivity contribution is 7.12. The molecule has 1 saturated heterocycles. The van der Waals surface area contributed by atoms with E-state index in [0.717, 1.165) is 73.4 Å². The predicted molar refractivity (Wildman–Crippen MR) is 156 cm³/mol. The quantitative estimate of drug-likeness (QED) is 0.430. The SMILES string of the molecule is COc1cccc(CN2CCC([C@@H](C)c3sc4c(c3C)C(=O)N(Cc3c(C)cc(C)[nH]c3=O)CCC4)CC2)n1. The Bertz CT molecular complexity index is 1400. The zero-order valence-electron chi connectivity index (χ0n) is 23.8. The van der Waals surface area contributed by atoms with Gasteiger partial charge in [0, 0.05) is 40.2 Å². The molecule has 3 aromatic rings. The Morgan fingerprint density at radius 3 is 2.62 bits per heavy atom. The molecule has 8 heteroatoms. The molecule has 0 radical (unpaired) electrons. The Balaban J connectivity index is 1.28. The number of nitrogens with zero attached hydrogens (tertiary/aromatic N) is 3. The Hall–Kier alpha value is -2.97. The van der Waals surface area contributed by atoms with Gasteiger partial charge in [-0.05, 0) is 94.6 Å². The van der Waals surface area contributed by atoms with E-state index in [4.69, 9.17) is 4.74 Å². The highest BCUT2D eigenvalue weighted by Gasteiger charge is 2.33. The van der Waals surface area contributed by atoms with Gasteiger partial charge in [0.05, 0.1) is 24.9 Å². The van der Waals surface area contributed by atoms with Crippen LogP contribution in [0.2, 0.25) is 0 Å². The van der Waals surface area contributed by atoms with Gasteiger partial charge in [-0.25, -0.2) is 4.98 Å². The number of piperidine rings is 1. The number of likely N-dealkylation sites (tertiary alicyclic amines) is 1. The van der Waals surface area contributed by atoms with Crippen LogP contribution >= 0.6 is 11.3 Å². The van der Waals surface area contributed by atoms with Crippen LogP contribution in [0.25, 0.3) is 0 Å². The Morgan fingerprint density at radius 2 is 1.90 bits per heavy atom. The van der Waals surface area contributed by atoms with Crippen molar-refractivity contribution in [2.75, 3.05) is 26.7 Å². The van der Waals surface area contributed by atoms with Crippen molar-refractivity contribution in [3.05, 3.63) is 78.0 Å². The molecule has 2 aliphatic rings. The Kier molecular flexibility index (Phi) is 8.24. The smallest absolute Gasteiger partial charge is 0.255 e. The minimum atomic E-state index is -0.0883. The van der Waals surface area contributed by atoms with Crippen LogP contribution in [-0.4, -0.2) is 52.4 Å². The fourth-order valence-electron chi connectivity index (χ4n) is 6.31. The van der Waals surface area contributed by atoms with Gasteiger partial charge in [-0.1, -0.05) is 13.0 Å². The largest absolute Gasteiger partial charge is 0.481 e. The third-order valence-electron chi connectivity index (χ3n) is 8.56. The van der Waals surface area contributed by atoms with Gasteiger partial charge in [0.15, 0.2) is 0 Å². The third-order valence-corrected chi connectivity index (χ3v) is 10.1. The lowest BCUT2D eigenvalue weighted by molar-refractivity contribution is 0.0747. The average Bonchev–Trinajstić information content (AvgIpc) is 3.16. The first kappa shape index (κ1) is 27.6. The number of pyridine rings is 2. The first-order valence-electron chi connectivity index (χ1n) is 14.1. The van der Waals surface area contributed by atoms with Gasteiger partial charge in [0.1, 0.15) is 0 Å².